The average Bonchev–Trinajstić information content (AvgIpc) is 3.16. The van der Waals surface area contributed by atoms with Crippen molar-refractivity contribution in [1.29, 1.82) is 0 Å². The average molecular weight is 357 g/mol. The number of amides is 1. The minimum absolute atomic E-state index is 0.284. The summed E-state index contributed by atoms with van der Waals surface area (Å²) in [5, 5.41) is 32.7. The van der Waals surface area contributed by atoms with E-state index in [2.05, 4.69) is 5.32 Å². The van der Waals surface area contributed by atoms with Crippen LogP contribution in [0, 0.1) is 23.2 Å². The van der Waals surface area contributed by atoms with Gasteiger partial charge >= 0.3 is 18.0 Å². The van der Waals surface area contributed by atoms with Crippen LogP contribution in [-0.2, 0) is 14.3 Å². The summed E-state index contributed by atoms with van der Waals surface area (Å²) in [6.45, 7) is 8.42. The fourth-order valence-corrected chi connectivity index (χ4v) is 4.84. The Hall–Kier alpha value is -1.83. The molecule has 8 nitrogen and oxygen atoms in total. The van der Waals surface area contributed by atoms with E-state index in [-0.39, 0.29) is 12.8 Å². The molecule has 5 atom stereocenters. The lowest BCUT2D eigenvalue weighted by atomic mass is 9.63. The van der Waals surface area contributed by atoms with Gasteiger partial charge in [0.1, 0.15) is 5.60 Å². The first-order valence-electron chi connectivity index (χ1n) is 8.55. The zero-order valence-corrected chi connectivity index (χ0v) is 15.2. The van der Waals surface area contributed by atoms with Crippen LogP contribution in [0.1, 0.15) is 47.5 Å². The van der Waals surface area contributed by atoms with Crippen LogP contribution in [0.15, 0.2) is 0 Å². The summed E-state index contributed by atoms with van der Waals surface area (Å²) >= 11 is 0. The normalized spacial score (nSPS) is 35.6. The van der Waals surface area contributed by atoms with Crippen molar-refractivity contribution in [2.24, 2.45) is 23.2 Å². The summed E-state index contributed by atoms with van der Waals surface area (Å²) in [4.78, 5) is 36.2. The molecule has 2 aliphatic carbocycles. The number of alkyl carbamates (subject to hydrolysis) is 1. The van der Waals surface area contributed by atoms with Crippen molar-refractivity contribution in [3.8, 4) is 0 Å². The van der Waals surface area contributed by atoms with Gasteiger partial charge in [0.05, 0.1) is 12.0 Å². The molecule has 25 heavy (non-hydrogen) atoms. The van der Waals surface area contributed by atoms with E-state index in [1.54, 1.807) is 34.6 Å². The predicted molar refractivity (Wildman–Crippen MR) is 86.9 cm³/mol. The molecule has 142 valence electrons. The van der Waals surface area contributed by atoms with Crippen molar-refractivity contribution in [2.45, 2.75) is 64.7 Å². The minimum atomic E-state index is -1.88. The summed E-state index contributed by atoms with van der Waals surface area (Å²) in [6.07, 6.45) is -1.48. The number of carboxylic acid groups (broad SMARTS) is 2. The topological polar surface area (TPSA) is 133 Å². The number of aliphatic hydroxyl groups excluding tert-OH is 1. The third kappa shape index (κ3) is 2.58. The van der Waals surface area contributed by atoms with E-state index in [9.17, 15) is 29.7 Å². The van der Waals surface area contributed by atoms with Gasteiger partial charge in [-0.15, -0.1) is 0 Å². The molecule has 0 unspecified atom stereocenters. The van der Waals surface area contributed by atoms with Crippen molar-refractivity contribution in [3.63, 3.8) is 0 Å². The third-order valence-corrected chi connectivity index (χ3v) is 5.87. The quantitative estimate of drug-likeness (QED) is 0.585. The maximum atomic E-state index is 12.4. The second kappa shape index (κ2) is 5.86. The van der Waals surface area contributed by atoms with E-state index < -0.39 is 58.4 Å². The maximum Gasteiger partial charge on any atom is 0.408 e. The van der Waals surface area contributed by atoms with Crippen molar-refractivity contribution < 1.29 is 34.4 Å². The number of ether oxygens (including phenoxy) is 1. The number of nitrogens with one attached hydrogen (secondary N) is 1. The van der Waals surface area contributed by atoms with Crippen LogP contribution in [0.4, 0.5) is 4.79 Å². The number of rotatable bonds is 5. The summed E-state index contributed by atoms with van der Waals surface area (Å²) < 4.78 is 5.21. The number of hydrogen-bond donors (Lipinski definition) is 4. The lowest BCUT2D eigenvalue weighted by Gasteiger charge is -2.47. The molecule has 0 heterocycles. The molecule has 2 fully saturated rings. The molecule has 8 heteroatoms. The van der Waals surface area contributed by atoms with Gasteiger partial charge in [0.2, 0.25) is 0 Å². The van der Waals surface area contributed by atoms with Crippen molar-refractivity contribution in [2.75, 3.05) is 0 Å². The highest BCUT2D eigenvalue weighted by molar-refractivity contribution is 5.90. The van der Waals surface area contributed by atoms with Crippen LogP contribution in [-0.4, -0.2) is 50.6 Å². The van der Waals surface area contributed by atoms with Crippen LogP contribution in [0.5, 0.6) is 0 Å². The molecule has 0 saturated heterocycles. The number of hydrogen-bond acceptors (Lipinski definition) is 5. The van der Waals surface area contributed by atoms with Crippen LogP contribution in [0.2, 0.25) is 0 Å². The summed E-state index contributed by atoms with van der Waals surface area (Å²) in [5.41, 5.74) is -3.87. The molecule has 2 rings (SSSR count). The Balaban J connectivity index is 2.52. The number of carbonyl (C=O) groups excluding carboxylic acids is 1. The summed E-state index contributed by atoms with van der Waals surface area (Å²) in [6, 6.07) is 0. The molecular formula is C17H27NO7. The number of carboxylic acids is 2. The third-order valence-electron chi connectivity index (χ3n) is 5.87. The van der Waals surface area contributed by atoms with E-state index in [1.165, 1.54) is 0 Å². The predicted octanol–water partition coefficient (Wildman–Crippen LogP) is 1.46. The van der Waals surface area contributed by atoms with Gasteiger partial charge in [-0.1, -0.05) is 13.8 Å². The van der Waals surface area contributed by atoms with Gasteiger partial charge in [-0.25, -0.2) is 9.59 Å². The Morgan fingerprint density at radius 2 is 1.64 bits per heavy atom. The van der Waals surface area contributed by atoms with Gasteiger partial charge in [0.15, 0.2) is 5.54 Å². The van der Waals surface area contributed by atoms with E-state index in [1.807, 2.05) is 0 Å². The molecule has 0 bridgehead atoms. The maximum absolute atomic E-state index is 12.4. The Bertz CT molecular complexity index is 592. The van der Waals surface area contributed by atoms with Gasteiger partial charge in [-0.2, -0.15) is 0 Å². The zero-order valence-electron chi connectivity index (χ0n) is 15.2. The summed E-state index contributed by atoms with van der Waals surface area (Å²) in [5.74, 6) is -5.05. The van der Waals surface area contributed by atoms with Crippen LogP contribution in [0.3, 0.4) is 0 Å². The number of fused-ring (bicyclic) bond motifs is 1. The second-order valence-corrected chi connectivity index (χ2v) is 8.02. The zero-order chi connectivity index (χ0) is 19.4. The first kappa shape index (κ1) is 19.5. The molecule has 0 radical (unpaired) electrons. The lowest BCUT2D eigenvalue weighted by Crippen LogP contribution is -2.68. The molecule has 2 aliphatic rings. The molecule has 0 spiro atoms. The molecule has 0 aliphatic heterocycles. The SMILES string of the molecule is CCC1(CC)[C@@H](O)[C@@H]2[C@@H](C(=O)O)[C@H]2[C@@]1(NC(=O)OC(C)(C)C)C(=O)O. The van der Waals surface area contributed by atoms with E-state index in [4.69, 9.17) is 4.74 Å². The second-order valence-electron chi connectivity index (χ2n) is 8.02. The van der Waals surface area contributed by atoms with Gasteiger partial charge in [-0.05, 0) is 33.6 Å². The lowest BCUT2D eigenvalue weighted by molar-refractivity contribution is -0.159. The van der Waals surface area contributed by atoms with Gasteiger partial charge in [0.25, 0.3) is 0 Å². The molecule has 0 aromatic rings. The molecule has 1 amide bonds. The van der Waals surface area contributed by atoms with Crippen LogP contribution in [0.25, 0.3) is 0 Å². The Labute approximate surface area is 146 Å². The molecule has 4 N–H and O–H groups in total. The molecule has 0 aromatic carbocycles. The highest BCUT2D eigenvalue weighted by Crippen LogP contribution is 2.71. The highest BCUT2D eigenvalue weighted by Gasteiger charge is 2.84. The van der Waals surface area contributed by atoms with Crippen molar-refractivity contribution in [1.82, 2.24) is 5.32 Å². The number of carbonyl (C=O) groups is 3. The molecule has 2 saturated carbocycles. The largest absolute Gasteiger partial charge is 0.481 e. The Morgan fingerprint density at radius 3 is 2.00 bits per heavy atom. The fraction of sp³-hybridized carbons (Fsp3) is 0.824. The number of aliphatic carboxylic acids is 2. The van der Waals surface area contributed by atoms with Gasteiger partial charge in [0, 0.05) is 17.3 Å². The first-order valence-corrected chi connectivity index (χ1v) is 8.55. The number of aliphatic hydroxyl groups is 1. The standard InChI is InChI=1S/C17H27NO7/c1-6-16(7-2)11(19)8-9(12(20)21)10(8)17(16,13(22)23)18-14(24)25-15(3,4)5/h8-11,19H,6-7H2,1-5H3,(H,18,24)(H,20,21)(H,22,23)/t8-,9-,10+,11+,17-/m1/s1. The van der Waals surface area contributed by atoms with E-state index in [0.717, 1.165) is 0 Å². The van der Waals surface area contributed by atoms with Crippen LogP contribution >= 0.6 is 0 Å². The summed E-state index contributed by atoms with van der Waals surface area (Å²) in [7, 11) is 0. The van der Waals surface area contributed by atoms with E-state index in [0.29, 0.717) is 0 Å². The fourth-order valence-electron chi connectivity index (χ4n) is 4.84. The van der Waals surface area contributed by atoms with Crippen molar-refractivity contribution in [3.05, 3.63) is 0 Å². The monoisotopic (exact) mass is 357 g/mol. The highest BCUT2D eigenvalue weighted by atomic mass is 16.6. The smallest absolute Gasteiger partial charge is 0.408 e. The molecular weight excluding hydrogens is 330 g/mol. The van der Waals surface area contributed by atoms with E-state index >= 15 is 0 Å². The minimum Gasteiger partial charge on any atom is -0.481 e. The first-order chi connectivity index (χ1) is 11.4. The van der Waals surface area contributed by atoms with Gasteiger partial charge < -0.3 is 25.4 Å². The molecule has 0 aromatic heterocycles. The van der Waals surface area contributed by atoms with Crippen molar-refractivity contribution >= 4 is 18.0 Å². The Kier molecular flexibility index (Phi) is 4.57. The van der Waals surface area contributed by atoms with Gasteiger partial charge in [-0.3, -0.25) is 4.79 Å². The van der Waals surface area contributed by atoms with Crippen LogP contribution < -0.4 is 5.32 Å². The Morgan fingerprint density at radius 1 is 1.12 bits per heavy atom.